The molecule has 7 heteroatoms. The molecule has 0 spiro atoms. The van der Waals surface area contributed by atoms with Crippen molar-refractivity contribution in [3.8, 4) is 0 Å². The predicted octanol–water partition coefficient (Wildman–Crippen LogP) is 5.65. The number of carbonyl (C=O) groups excluding carboxylic acids is 3. The number of ether oxygens (including phenoxy) is 2. The Morgan fingerprint density at radius 2 is 1.63 bits per heavy atom. The number of Topliss-reactive ketones (excluding diaryl/α,β-unsaturated/α-hetero) is 1. The third kappa shape index (κ3) is 4.63. The molecule has 0 unspecified atom stereocenters. The highest BCUT2D eigenvalue weighted by molar-refractivity contribution is 14.1. The number of rotatable bonds is 5. The summed E-state index contributed by atoms with van der Waals surface area (Å²) in [6, 6.07) is 7.93. The van der Waals surface area contributed by atoms with E-state index in [1.54, 1.807) is 0 Å². The zero-order valence-electron chi connectivity index (χ0n) is 23.0. The molecule has 9 atom stereocenters. The summed E-state index contributed by atoms with van der Waals surface area (Å²) in [7, 11) is 0. The molecule has 4 saturated carbocycles. The zero-order chi connectivity index (χ0) is 27.5. The van der Waals surface area contributed by atoms with Crippen LogP contribution in [-0.4, -0.2) is 40.6 Å². The number of ketones is 1. The number of hydrogen-bond donors (Lipinski definition) is 1. The van der Waals surface area contributed by atoms with E-state index in [4.69, 9.17) is 9.47 Å². The first-order chi connectivity index (χ1) is 17.9. The first-order valence-electron chi connectivity index (χ1n) is 14.2. The Bertz CT molecular complexity index is 1100. The van der Waals surface area contributed by atoms with Gasteiger partial charge in [0.05, 0.1) is 6.42 Å². The van der Waals surface area contributed by atoms with E-state index in [2.05, 4.69) is 36.4 Å². The van der Waals surface area contributed by atoms with Gasteiger partial charge >= 0.3 is 11.9 Å². The van der Waals surface area contributed by atoms with Gasteiger partial charge < -0.3 is 14.6 Å². The van der Waals surface area contributed by atoms with Crippen LogP contribution in [0.15, 0.2) is 24.3 Å². The molecule has 6 nitrogen and oxygen atoms in total. The Labute approximate surface area is 239 Å². The molecule has 4 aliphatic rings. The van der Waals surface area contributed by atoms with Crippen LogP contribution in [0.3, 0.4) is 0 Å². The summed E-state index contributed by atoms with van der Waals surface area (Å²) >= 11 is 2.25. The second kappa shape index (κ2) is 10.2. The van der Waals surface area contributed by atoms with Crippen molar-refractivity contribution in [1.29, 1.82) is 0 Å². The summed E-state index contributed by atoms with van der Waals surface area (Å²) in [6.45, 7) is 7.47. The molecular formula is C31H41IO6. The summed E-state index contributed by atoms with van der Waals surface area (Å²) in [5.41, 5.74) is -0.846. The molecule has 208 valence electrons. The van der Waals surface area contributed by atoms with Gasteiger partial charge in [0.15, 0.2) is 5.78 Å². The summed E-state index contributed by atoms with van der Waals surface area (Å²) in [5, 5.41) is 11.6. The largest absolute Gasteiger partial charge is 0.463 e. The number of benzene rings is 1. The van der Waals surface area contributed by atoms with Gasteiger partial charge in [-0.1, -0.05) is 26.0 Å². The van der Waals surface area contributed by atoms with Gasteiger partial charge in [0.2, 0.25) is 0 Å². The summed E-state index contributed by atoms with van der Waals surface area (Å²) in [4.78, 5) is 37.7. The quantitative estimate of drug-likeness (QED) is 0.332. The van der Waals surface area contributed by atoms with E-state index >= 15 is 0 Å². The lowest BCUT2D eigenvalue weighted by Gasteiger charge is -2.63. The molecule has 0 radical (unpaired) electrons. The van der Waals surface area contributed by atoms with Crippen LogP contribution in [0.4, 0.5) is 0 Å². The summed E-state index contributed by atoms with van der Waals surface area (Å²) in [5.74, 6) is 0.242. The second-order valence-corrected chi connectivity index (χ2v) is 14.2. The summed E-state index contributed by atoms with van der Waals surface area (Å²) < 4.78 is 13.1. The van der Waals surface area contributed by atoms with Crippen LogP contribution in [0, 0.1) is 38.1 Å². The van der Waals surface area contributed by atoms with Crippen molar-refractivity contribution >= 4 is 40.3 Å². The van der Waals surface area contributed by atoms with Crippen LogP contribution in [0.5, 0.6) is 0 Å². The van der Waals surface area contributed by atoms with Crippen LogP contribution in [-0.2, 0) is 30.3 Å². The predicted molar refractivity (Wildman–Crippen MR) is 151 cm³/mol. The highest BCUT2D eigenvalue weighted by atomic mass is 127. The fraction of sp³-hybridized carbons (Fsp3) is 0.710. The SMILES string of the molecule is CC(=O)O[C@@H]1CC[C@@]2(C)[C@H](C1)C[C@H](OC(=O)Cc1ccc(I)cc1)[C@@H]1[C@@H]2CC[C@@]2(C)[C@H]1CC[C@]2(O)C(C)=O. The monoisotopic (exact) mass is 636 g/mol. The molecule has 4 fully saturated rings. The van der Waals surface area contributed by atoms with E-state index in [0.717, 1.165) is 54.1 Å². The van der Waals surface area contributed by atoms with E-state index in [1.165, 1.54) is 13.8 Å². The van der Waals surface area contributed by atoms with E-state index in [9.17, 15) is 19.5 Å². The maximum Gasteiger partial charge on any atom is 0.310 e. The highest BCUT2D eigenvalue weighted by Crippen LogP contribution is 2.68. The van der Waals surface area contributed by atoms with E-state index in [0.29, 0.717) is 12.3 Å². The maximum atomic E-state index is 13.3. The van der Waals surface area contributed by atoms with E-state index < -0.39 is 11.0 Å². The van der Waals surface area contributed by atoms with Crippen molar-refractivity contribution in [3.63, 3.8) is 0 Å². The molecule has 0 aliphatic heterocycles. The number of aliphatic hydroxyl groups is 1. The normalized spacial score (nSPS) is 41.8. The molecule has 1 N–H and O–H groups in total. The number of carbonyl (C=O) groups is 3. The van der Waals surface area contributed by atoms with Crippen LogP contribution in [0.25, 0.3) is 0 Å². The molecule has 38 heavy (non-hydrogen) atoms. The third-order valence-electron chi connectivity index (χ3n) is 11.2. The molecule has 0 amide bonds. The van der Waals surface area contributed by atoms with Gasteiger partial charge in [0.1, 0.15) is 17.8 Å². The molecular weight excluding hydrogens is 595 g/mol. The van der Waals surface area contributed by atoms with Crippen LogP contribution < -0.4 is 0 Å². The van der Waals surface area contributed by atoms with Crippen LogP contribution in [0.1, 0.15) is 84.6 Å². The number of hydrogen-bond acceptors (Lipinski definition) is 6. The summed E-state index contributed by atoms with van der Waals surface area (Å²) in [6.07, 6.45) is 6.17. The Morgan fingerprint density at radius 3 is 2.29 bits per heavy atom. The smallest absolute Gasteiger partial charge is 0.310 e. The van der Waals surface area contributed by atoms with Gasteiger partial charge in [-0.15, -0.1) is 0 Å². The topological polar surface area (TPSA) is 89.9 Å². The third-order valence-corrected chi connectivity index (χ3v) is 11.9. The van der Waals surface area contributed by atoms with Crippen LogP contribution in [0.2, 0.25) is 0 Å². The Hall–Kier alpha value is -1.48. The molecule has 0 bridgehead atoms. The number of halogens is 1. The van der Waals surface area contributed by atoms with Gasteiger partial charge in [-0.25, -0.2) is 0 Å². The first kappa shape index (κ1) is 28.1. The minimum absolute atomic E-state index is 0.0542. The van der Waals surface area contributed by atoms with Gasteiger partial charge in [0, 0.05) is 21.8 Å². The number of fused-ring (bicyclic) bond motifs is 5. The number of esters is 2. The maximum absolute atomic E-state index is 13.3. The average Bonchev–Trinajstić information content (AvgIpc) is 3.13. The van der Waals surface area contributed by atoms with E-state index in [-0.39, 0.29) is 59.5 Å². The second-order valence-electron chi connectivity index (χ2n) is 13.0. The Kier molecular flexibility index (Phi) is 7.51. The Morgan fingerprint density at radius 1 is 0.947 bits per heavy atom. The molecule has 0 saturated heterocycles. The minimum atomic E-state index is -1.32. The fourth-order valence-corrected chi connectivity index (χ4v) is 9.56. The highest BCUT2D eigenvalue weighted by Gasteiger charge is 2.68. The lowest BCUT2D eigenvalue weighted by molar-refractivity contribution is -0.207. The molecule has 4 aliphatic carbocycles. The average molecular weight is 637 g/mol. The molecule has 0 heterocycles. The van der Waals surface area contributed by atoms with Crippen molar-refractivity contribution in [1.82, 2.24) is 0 Å². The van der Waals surface area contributed by atoms with Crippen molar-refractivity contribution in [2.45, 2.75) is 103 Å². The first-order valence-corrected chi connectivity index (χ1v) is 15.3. The van der Waals surface area contributed by atoms with Crippen LogP contribution >= 0.6 is 22.6 Å². The van der Waals surface area contributed by atoms with E-state index in [1.807, 2.05) is 24.3 Å². The minimum Gasteiger partial charge on any atom is -0.463 e. The lowest BCUT2D eigenvalue weighted by atomic mass is 9.43. The molecule has 1 aromatic rings. The molecule has 5 rings (SSSR count). The lowest BCUT2D eigenvalue weighted by Crippen LogP contribution is -2.62. The van der Waals surface area contributed by atoms with Crippen molar-refractivity contribution in [3.05, 3.63) is 33.4 Å². The molecule has 1 aromatic carbocycles. The van der Waals surface area contributed by atoms with Gasteiger partial charge in [0.25, 0.3) is 0 Å². The fourth-order valence-electron chi connectivity index (χ4n) is 9.20. The van der Waals surface area contributed by atoms with Crippen molar-refractivity contribution in [2.75, 3.05) is 0 Å². The Balaban J connectivity index is 1.45. The van der Waals surface area contributed by atoms with Crippen molar-refractivity contribution in [2.24, 2.45) is 34.5 Å². The standard InChI is InChI=1S/C31H41IO6/c1-18(33)31(36)14-11-25-28-24(10-13-30(25,31)4)29(3)12-9-23(37-19(2)34)16-21(29)17-26(28)38-27(35)15-20-5-7-22(32)8-6-20/h5-8,21,23-26,28,36H,9-17H2,1-4H3/t21-,23-,24+,25+,26+,28-,29+,30+,31+/m1/s1. The molecule has 0 aromatic heterocycles. The van der Waals surface area contributed by atoms with Gasteiger partial charge in [-0.3, -0.25) is 14.4 Å². The van der Waals surface area contributed by atoms with Crippen molar-refractivity contribution < 1.29 is 29.0 Å². The van der Waals surface area contributed by atoms with Gasteiger partial charge in [-0.2, -0.15) is 0 Å². The van der Waals surface area contributed by atoms with Gasteiger partial charge in [-0.05, 0) is 122 Å². The zero-order valence-corrected chi connectivity index (χ0v) is 25.2.